The van der Waals surface area contributed by atoms with Crippen LogP contribution in [0.25, 0.3) is 0 Å². The Morgan fingerprint density at radius 1 is 0.616 bits per heavy atom. The number of hydrogen-bond donors (Lipinski definition) is 1. The van der Waals surface area contributed by atoms with Gasteiger partial charge < -0.3 is 33.9 Å². The summed E-state index contributed by atoms with van der Waals surface area (Å²) < 4.78 is 79.1. The fourth-order valence-corrected chi connectivity index (χ4v) is 11.0. The third-order valence-electron chi connectivity index (χ3n) is 12.0. The highest BCUT2D eigenvalue weighted by molar-refractivity contribution is 7.89. The van der Waals surface area contributed by atoms with E-state index in [9.17, 15) is 26.4 Å². The van der Waals surface area contributed by atoms with Gasteiger partial charge in [-0.05, 0) is 141 Å². The minimum Gasteiger partial charge on any atom is -0.497 e. The van der Waals surface area contributed by atoms with E-state index in [2.05, 4.69) is 86.3 Å². The largest absolute Gasteiger partial charge is 0.497 e. The van der Waals surface area contributed by atoms with Crippen molar-refractivity contribution in [2.24, 2.45) is 11.8 Å². The molecular weight excluding hydrogens is 969 g/mol. The normalized spacial score (nSPS) is 11.5. The fraction of sp³-hybridized carbons (Fsp3) is 0.536. The average Bonchev–Trinajstić information content (AvgIpc) is 3.33. The monoisotopic (exact) mass is 1050 g/mol. The fourth-order valence-electron chi connectivity index (χ4n) is 7.84. The second-order valence-electron chi connectivity index (χ2n) is 19.2. The average molecular weight is 1060 g/mol. The van der Waals surface area contributed by atoms with Crippen molar-refractivity contribution in [3.8, 4) is 11.5 Å². The lowest BCUT2D eigenvalue weighted by Gasteiger charge is -2.21. The Morgan fingerprint density at radius 3 is 1.37 bits per heavy atom. The molecule has 4 rings (SSSR count). The molecule has 0 atom stereocenters. The summed E-state index contributed by atoms with van der Waals surface area (Å²) in [6, 6.07) is 24.1. The first kappa shape index (κ1) is 64.2. The molecule has 73 heavy (non-hydrogen) atoms. The van der Waals surface area contributed by atoms with Crippen LogP contribution in [0.1, 0.15) is 97.9 Å². The Balaban J connectivity index is 0.000000417. The van der Waals surface area contributed by atoms with Crippen LogP contribution in [0.3, 0.4) is 0 Å². The number of amides is 1. The minimum absolute atomic E-state index is 0.0989. The molecule has 0 unspecified atom stereocenters. The molecule has 0 spiro atoms. The van der Waals surface area contributed by atoms with E-state index in [0.29, 0.717) is 40.3 Å². The Hall–Kier alpha value is -4.88. The van der Waals surface area contributed by atoms with Crippen molar-refractivity contribution in [3.05, 3.63) is 117 Å². The van der Waals surface area contributed by atoms with Crippen LogP contribution >= 0.6 is 0 Å². The molecule has 0 saturated heterocycles. The predicted molar refractivity (Wildman–Crippen MR) is 291 cm³/mol. The number of hydrogen-bond acceptors (Lipinski definition) is 12. The lowest BCUT2D eigenvalue weighted by molar-refractivity contribution is -0.140. The smallest absolute Gasteiger partial charge is 0.295 e. The van der Waals surface area contributed by atoms with Crippen LogP contribution in [-0.4, -0.2) is 125 Å². The molecule has 15 nitrogen and oxygen atoms in total. The van der Waals surface area contributed by atoms with Crippen molar-refractivity contribution in [1.82, 2.24) is 18.8 Å². The van der Waals surface area contributed by atoms with Crippen LogP contribution in [0, 0.1) is 39.5 Å². The predicted octanol–water partition coefficient (Wildman–Crippen LogP) is 9.05. The first-order valence-electron chi connectivity index (χ1n) is 25.0. The van der Waals surface area contributed by atoms with Gasteiger partial charge >= 0.3 is 0 Å². The van der Waals surface area contributed by atoms with Crippen LogP contribution in [-0.2, 0) is 69.8 Å². The third-order valence-corrected chi connectivity index (χ3v) is 16.3. The molecule has 0 heterocycles. The summed E-state index contributed by atoms with van der Waals surface area (Å²) in [4.78, 5) is 24.6. The molecule has 0 aliphatic carbocycles. The number of nitrogens with one attached hydrogen (secondary N) is 1. The van der Waals surface area contributed by atoms with E-state index < -0.39 is 20.0 Å². The number of nitrogens with zero attached hydrogens (tertiary/aromatic N) is 3. The van der Waals surface area contributed by atoms with Crippen LogP contribution in [0.4, 0.5) is 0 Å². The van der Waals surface area contributed by atoms with Gasteiger partial charge in [-0.15, -0.1) is 0 Å². The second kappa shape index (κ2) is 33.1. The molecule has 0 aliphatic rings. The van der Waals surface area contributed by atoms with Gasteiger partial charge in [0.2, 0.25) is 26.0 Å². The van der Waals surface area contributed by atoms with E-state index in [1.54, 1.807) is 71.0 Å². The summed E-state index contributed by atoms with van der Waals surface area (Å²) in [6.07, 6.45) is 7.34. The van der Waals surface area contributed by atoms with Gasteiger partial charge in [0, 0.05) is 47.3 Å². The van der Waals surface area contributed by atoms with Gasteiger partial charge in [0.05, 0.1) is 37.2 Å². The zero-order valence-electron chi connectivity index (χ0n) is 46.2. The molecule has 17 heteroatoms. The first-order valence-corrected chi connectivity index (χ1v) is 27.9. The number of carbonyl (C=O) groups is 2. The Labute approximate surface area is 439 Å². The number of methoxy groups -OCH3 is 2. The molecule has 0 aliphatic heterocycles. The summed E-state index contributed by atoms with van der Waals surface area (Å²) in [5, 5.41) is 3.16. The van der Waals surface area contributed by atoms with Crippen molar-refractivity contribution in [1.29, 1.82) is 0 Å². The van der Waals surface area contributed by atoms with Crippen molar-refractivity contribution in [3.63, 3.8) is 0 Å². The first-order chi connectivity index (χ1) is 34.5. The second-order valence-corrected chi connectivity index (χ2v) is 23.1. The number of likely N-dealkylation sites (N-methyl/N-ethyl adjacent to an activating group) is 3. The van der Waals surface area contributed by atoms with Gasteiger partial charge in [-0.25, -0.2) is 16.8 Å². The molecule has 408 valence electrons. The van der Waals surface area contributed by atoms with Crippen LogP contribution in [0.15, 0.2) is 82.6 Å². The number of sulfonamides is 2. The molecular formula is C56H86N4O11S2. The minimum atomic E-state index is -3.69. The van der Waals surface area contributed by atoms with Crippen molar-refractivity contribution in [2.45, 2.75) is 117 Å². The zero-order valence-corrected chi connectivity index (χ0v) is 47.8. The molecule has 1 amide bonds. The summed E-state index contributed by atoms with van der Waals surface area (Å²) in [5.41, 5.74) is 7.70. The SMILES string of the molecule is CNCc1ccc(CCCC(C)C)cc1.COc1cc(C)c(S(=O)(=O)N(C)CCOCC(=O)N(C)Cc2ccc(CCCC(C)C)cc2)c(C)c1.COc1cc(C)c(S(=O)(=O)N(C)CCOCOC=O)c(C)c1. The van der Waals surface area contributed by atoms with E-state index in [4.69, 9.17) is 18.9 Å². The van der Waals surface area contributed by atoms with Crippen LogP contribution in [0.2, 0.25) is 0 Å². The van der Waals surface area contributed by atoms with E-state index >= 15 is 0 Å². The molecule has 0 bridgehead atoms. The highest BCUT2D eigenvalue weighted by Gasteiger charge is 2.27. The highest BCUT2D eigenvalue weighted by Crippen LogP contribution is 2.29. The van der Waals surface area contributed by atoms with Gasteiger partial charge in [-0.3, -0.25) is 9.59 Å². The summed E-state index contributed by atoms with van der Waals surface area (Å²) in [7, 11) is 2.48. The lowest BCUT2D eigenvalue weighted by atomic mass is 10.0. The molecule has 0 aromatic heterocycles. The van der Waals surface area contributed by atoms with Crippen molar-refractivity contribution < 1.29 is 50.1 Å². The van der Waals surface area contributed by atoms with E-state index in [-0.39, 0.29) is 61.9 Å². The molecule has 1 N–H and O–H groups in total. The summed E-state index contributed by atoms with van der Waals surface area (Å²) in [5.74, 6) is 2.64. The standard InChI is InChI=1S/C28H42N2O5S.C14H21NO6S.C14H23N/c1-21(2)9-8-10-24-11-13-25(14-12-24)19-29(5)27(31)20-35-16-15-30(6)36(32,33)28-22(3)17-26(34-7)18-23(28)4;1-11-7-13(19-4)8-12(2)14(11)22(17,18)15(3)5-6-20-10-21-9-16;1-12(2)5-4-6-13-7-9-14(10-8-13)11-15-3/h11-14,17-18,21H,8-10,15-16,19-20H2,1-7H3;7-9H,5-6,10H2,1-4H3;7-10,12,15H,4-6,11H2,1-3H3. The highest BCUT2D eigenvalue weighted by atomic mass is 32.2. The third kappa shape index (κ3) is 22.6. The lowest BCUT2D eigenvalue weighted by Crippen LogP contribution is -2.33. The molecule has 0 radical (unpaired) electrons. The Morgan fingerprint density at radius 2 is 1.00 bits per heavy atom. The number of benzene rings is 4. The molecule has 0 saturated carbocycles. The van der Waals surface area contributed by atoms with Crippen molar-refractivity contribution >= 4 is 32.4 Å². The summed E-state index contributed by atoms with van der Waals surface area (Å²) in [6.45, 7) is 18.0. The topological polar surface area (TPSA) is 170 Å². The van der Waals surface area contributed by atoms with Gasteiger partial charge in [0.25, 0.3) is 6.47 Å². The molecule has 4 aromatic rings. The zero-order chi connectivity index (χ0) is 54.7. The van der Waals surface area contributed by atoms with E-state index in [1.165, 1.54) is 78.6 Å². The Kier molecular flexibility index (Phi) is 29.1. The maximum atomic E-state index is 13.1. The molecule has 4 aromatic carbocycles. The Bertz CT molecular complexity index is 2440. The van der Waals surface area contributed by atoms with Gasteiger partial charge in [-0.1, -0.05) is 89.1 Å². The number of aryl methyl sites for hydroxylation is 6. The quantitative estimate of drug-likeness (QED) is 0.0312. The maximum Gasteiger partial charge on any atom is 0.295 e. The van der Waals surface area contributed by atoms with E-state index in [0.717, 1.165) is 30.4 Å². The maximum absolute atomic E-state index is 13.1. The van der Waals surface area contributed by atoms with Crippen molar-refractivity contribution in [2.75, 3.05) is 82.1 Å². The molecule has 0 fully saturated rings. The summed E-state index contributed by atoms with van der Waals surface area (Å²) >= 11 is 0. The van der Waals surface area contributed by atoms with Gasteiger partial charge in [-0.2, -0.15) is 8.61 Å². The number of rotatable bonds is 29. The van der Waals surface area contributed by atoms with E-state index in [1.807, 2.05) is 7.05 Å². The van der Waals surface area contributed by atoms with Gasteiger partial charge in [0.15, 0.2) is 6.79 Å². The van der Waals surface area contributed by atoms with Crippen LogP contribution < -0.4 is 14.8 Å². The van der Waals surface area contributed by atoms with Gasteiger partial charge in [0.1, 0.15) is 18.1 Å². The number of ether oxygens (including phenoxy) is 5. The number of carbonyl (C=O) groups excluding carboxylic acids is 2. The van der Waals surface area contributed by atoms with Crippen LogP contribution in [0.5, 0.6) is 11.5 Å².